The molecule has 0 bridgehead atoms. The van der Waals surface area contributed by atoms with Crippen LogP contribution in [0.5, 0.6) is 0 Å². The van der Waals surface area contributed by atoms with Crippen molar-refractivity contribution in [2.24, 2.45) is 0 Å². The molecule has 3 saturated carbocycles. The Balaban J connectivity index is 1.65. The molecular weight excluding hydrogens is 280 g/mol. The van der Waals surface area contributed by atoms with Crippen molar-refractivity contribution >= 4 is 8.80 Å². The molecule has 21 heavy (non-hydrogen) atoms. The molecule has 0 aromatic rings. The van der Waals surface area contributed by atoms with Crippen molar-refractivity contribution in [3.05, 3.63) is 0 Å². The van der Waals surface area contributed by atoms with Crippen LogP contribution >= 0.6 is 0 Å². The summed E-state index contributed by atoms with van der Waals surface area (Å²) in [5.74, 6) is 0. The van der Waals surface area contributed by atoms with E-state index in [9.17, 15) is 0 Å². The molecule has 3 nitrogen and oxygen atoms in total. The minimum absolute atomic E-state index is 0.402. The van der Waals surface area contributed by atoms with Crippen LogP contribution in [0.2, 0.25) is 6.04 Å². The van der Waals surface area contributed by atoms with Gasteiger partial charge in [-0.25, -0.2) is 0 Å². The maximum atomic E-state index is 6.57. The van der Waals surface area contributed by atoms with Gasteiger partial charge in [0, 0.05) is 24.4 Å². The van der Waals surface area contributed by atoms with Crippen molar-refractivity contribution in [2.75, 3.05) is 0 Å². The highest BCUT2D eigenvalue weighted by atomic mass is 28.4. The van der Waals surface area contributed by atoms with Gasteiger partial charge in [0.05, 0.1) is 0 Å². The summed E-state index contributed by atoms with van der Waals surface area (Å²) < 4.78 is 19.7. The second-order valence-electron chi connectivity index (χ2n) is 7.11. The van der Waals surface area contributed by atoms with Gasteiger partial charge in [-0.3, -0.25) is 0 Å². The maximum Gasteiger partial charge on any atom is 0.501 e. The summed E-state index contributed by atoms with van der Waals surface area (Å²) in [5.41, 5.74) is 0. The van der Waals surface area contributed by atoms with Crippen LogP contribution in [0.1, 0.15) is 84.0 Å². The molecule has 0 atom stereocenters. The van der Waals surface area contributed by atoms with Crippen LogP contribution in [0.4, 0.5) is 0 Å². The molecule has 0 amide bonds. The van der Waals surface area contributed by atoms with Gasteiger partial charge in [0.2, 0.25) is 0 Å². The van der Waals surface area contributed by atoms with Gasteiger partial charge in [-0.05, 0) is 38.5 Å². The molecule has 0 spiro atoms. The van der Waals surface area contributed by atoms with Gasteiger partial charge in [-0.15, -0.1) is 0 Å². The summed E-state index contributed by atoms with van der Waals surface area (Å²) in [6, 6.07) is 0.941. The van der Waals surface area contributed by atoms with Crippen LogP contribution in [0, 0.1) is 0 Å². The number of hydrogen-bond donors (Lipinski definition) is 0. The van der Waals surface area contributed by atoms with Gasteiger partial charge in [0.1, 0.15) is 0 Å². The Kier molecular flexibility index (Phi) is 5.76. The highest BCUT2D eigenvalue weighted by Gasteiger charge is 2.46. The van der Waals surface area contributed by atoms with E-state index in [0.717, 1.165) is 6.04 Å². The van der Waals surface area contributed by atoms with Crippen LogP contribution < -0.4 is 0 Å². The second-order valence-corrected chi connectivity index (χ2v) is 9.89. The van der Waals surface area contributed by atoms with Gasteiger partial charge in [-0.2, -0.15) is 0 Å². The zero-order valence-electron chi connectivity index (χ0n) is 13.6. The van der Waals surface area contributed by atoms with Gasteiger partial charge < -0.3 is 13.3 Å². The first kappa shape index (κ1) is 16.0. The summed E-state index contributed by atoms with van der Waals surface area (Å²) in [4.78, 5) is 0. The topological polar surface area (TPSA) is 27.7 Å². The van der Waals surface area contributed by atoms with E-state index in [-0.39, 0.29) is 0 Å². The molecule has 0 heterocycles. The van der Waals surface area contributed by atoms with E-state index >= 15 is 0 Å². The molecule has 122 valence electrons. The maximum absolute atomic E-state index is 6.57. The molecular formula is C17H32O3Si. The highest BCUT2D eigenvalue weighted by molar-refractivity contribution is 6.60. The molecule has 3 fully saturated rings. The van der Waals surface area contributed by atoms with Crippen molar-refractivity contribution in [1.29, 1.82) is 0 Å². The number of hydrogen-bond acceptors (Lipinski definition) is 3. The molecule has 0 saturated heterocycles. The van der Waals surface area contributed by atoms with Gasteiger partial charge >= 0.3 is 8.80 Å². The molecule has 3 aliphatic carbocycles. The Hall–Kier alpha value is 0.0969. The first-order chi connectivity index (χ1) is 10.3. The molecule has 0 aromatic carbocycles. The predicted octanol–water partition coefficient (Wildman–Crippen LogP) is 4.82. The Morgan fingerprint density at radius 2 is 0.905 bits per heavy atom. The van der Waals surface area contributed by atoms with E-state index in [4.69, 9.17) is 13.3 Å². The second kappa shape index (κ2) is 7.58. The zero-order valence-corrected chi connectivity index (χ0v) is 14.6. The minimum atomic E-state index is -2.46. The normalized spacial score (nSPS) is 26.1. The standard InChI is InChI=1S/C17H32O3Si/c1-2-21(18-15-9-3-4-10-15,19-16-11-5-6-12-16)20-17-13-7-8-14-17/h15-17H,2-14H2,1H3. The van der Waals surface area contributed by atoms with Crippen LogP contribution in [0.3, 0.4) is 0 Å². The summed E-state index contributed by atoms with van der Waals surface area (Å²) in [6.07, 6.45) is 16.3. The van der Waals surface area contributed by atoms with Gasteiger partial charge in [0.25, 0.3) is 0 Å². The first-order valence-electron chi connectivity index (χ1n) is 9.33. The molecule has 0 N–H and O–H groups in total. The summed E-state index contributed by atoms with van der Waals surface area (Å²) in [5, 5.41) is 0. The molecule has 0 aliphatic heterocycles. The third-order valence-corrected chi connectivity index (χ3v) is 8.32. The fourth-order valence-corrected chi connectivity index (χ4v) is 7.01. The monoisotopic (exact) mass is 312 g/mol. The number of rotatable bonds is 7. The smallest absolute Gasteiger partial charge is 0.370 e. The predicted molar refractivity (Wildman–Crippen MR) is 86.3 cm³/mol. The van der Waals surface area contributed by atoms with Gasteiger partial charge in [-0.1, -0.05) is 45.4 Å². The Morgan fingerprint density at radius 1 is 0.619 bits per heavy atom. The van der Waals surface area contributed by atoms with Crippen molar-refractivity contribution < 1.29 is 13.3 Å². The van der Waals surface area contributed by atoms with Gasteiger partial charge in [0.15, 0.2) is 0 Å². The van der Waals surface area contributed by atoms with Crippen molar-refractivity contribution in [3.8, 4) is 0 Å². The highest BCUT2D eigenvalue weighted by Crippen LogP contribution is 2.34. The molecule has 0 unspecified atom stereocenters. The van der Waals surface area contributed by atoms with E-state index < -0.39 is 8.80 Å². The largest absolute Gasteiger partial charge is 0.501 e. The lowest BCUT2D eigenvalue weighted by Crippen LogP contribution is -2.51. The average Bonchev–Trinajstić information content (AvgIpc) is 3.21. The Labute approximate surface area is 131 Å². The molecule has 0 radical (unpaired) electrons. The van der Waals surface area contributed by atoms with Crippen LogP contribution in [0.15, 0.2) is 0 Å². The van der Waals surface area contributed by atoms with E-state index in [1.165, 1.54) is 77.0 Å². The van der Waals surface area contributed by atoms with E-state index in [0.29, 0.717) is 18.3 Å². The van der Waals surface area contributed by atoms with Crippen molar-refractivity contribution in [1.82, 2.24) is 0 Å². The summed E-state index contributed by atoms with van der Waals surface area (Å²) >= 11 is 0. The van der Waals surface area contributed by atoms with E-state index in [2.05, 4.69) is 6.92 Å². The lowest BCUT2D eigenvalue weighted by Gasteiger charge is -2.35. The third-order valence-electron chi connectivity index (χ3n) is 5.38. The lowest BCUT2D eigenvalue weighted by molar-refractivity contribution is -0.0149. The zero-order chi connectivity index (χ0) is 14.5. The van der Waals surface area contributed by atoms with Crippen LogP contribution in [-0.2, 0) is 13.3 Å². The lowest BCUT2D eigenvalue weighted by atomic mass is 10.3. The minimum Gasteiger partial charge on any atom is -0.370 e. The molecule has 0 aromatic heterocycles. The van der Waals surface area contributed by atoms with E-state index in [1.54, 1.807) is 0 Å². The first-order valence-corrected chi connectivity index (χ1v) is 11.3. The quantitative estimate of drug-likeness (QED) is 0.631. The third kappa shape index (κ3) is 4.31. The fraction of sp³-hybridized carbons (Fsp3) is 1.00. The van der Waals surface area contributed by atoms with E-state index in [1.807, 2.05) is 0 Å². The SMILES string of the molecule is CC[Si](OC1CCCC1)(OC1CCCC1)OC1CCCC1. The molecule has 3 rings (SSSR count). The van der Waals surface area contributed by atoms with Crippen LogP contribution in [0.25, 0.3) is 0 Å². The van der Waals surface area contributed by atoms with Crippen molar-refractivity contribution in [3.63, 3.8) is 0 Å². The molecule has 3 aliphatic rings. The Bertz CT molecular complexity index is 260. The van der Waals surface area contributed by atoms with Crippen LogP contribution in [-0.4, -0.2) is 27.1 Å². The summed E-state index contributed by atoms with van der Waals surface area (Å²) in [7, 11) is -2.46. The Morgan fingerprint density at radius 3 is 1.14 bits per heavy atom. The average molecular weight is 313 g/mol. The summed E-state index contributed by atoms with van der Waals surface area (Å²) in [6.45, 7) is 2.21. The molecule has 4 heteroatoms. The fourth-order valence-electron chi connectivity index (χ4n) is 4.11. The van der Waals surface area contributed by atoms with Crippen molar-refractivity contribution in [2.45, 2.75) is 108 Å².